The highest BCUT2D eigenvalue weighted by molar-refractivity contribution is 8.15. The van der Waals surface area contributed by atoms with Crippen LogP contribution in [0.4, 0.5) is 0 Å². The average Bonchev–Trinajstić information content (AvgIpc) is 3.27. The number of aromatic nitrogens is 2. The average molecular weight is 333 g/mol. The van der Waals surface area contributed by atoms with Crippen LogP contribution in [0.1, 0.15) is 18.2 Å². The molecule has 0 saturated carbocycles. The first-order valence-corrected chi connectivity index (χ1v) is 9.05. The molecule has 1 aromatic heterocycles. The molecule has 0 aliphatic carbocycles. The van der Waals surface area contributed by atoms with Crippen LogP contribution in [0.15, 0.2) is 72.1 Å². The second-order valence-corrected chi connectivity index (χ2v) is 7.41. The summed E-state index contributed by atoms with van der Waals surface area (Å²) in [4.78, 5) is 12.2. The van der Waals surface area contributed by atoms with Gasteiger partial charge >= 0.3 is 0 Å². The molecule has 3 aromatic rings. The summed E-state index contributed by atoms with van der Waals surface area (Å²) in [5.74, 6) is 0. The minimum absolute atomic E-state index is 0.305. The minimum Gasteiger partial charge on any atom is -0.348 e. The van der Waals surface area contributed by atoms with E-state index in [9.17, 15) is 0 Å². The summed E-state index contributed by atoms with van der Waals surface area (Å²) in [6.45, 7) is 2.25. The van der Waals surface area contributed by atoms with Gasteiger partial charge in [-0.3, -0.25) is 4.99 Å². The van der Waals surface area contributed by atoms with Crippen LogP contribution in [0.2, 0.25) is 0 Å². The van der Waals surface area contributed by atoms with Crippen LogP contribution in [-0.2, 0) is 6.42 Å². The Morgan fingerprint density at radius 2 is 1.67 bits per heavy atom. The molecule has 0 spiro atoms. The molecule has 4 heteroatoms. The van der Waals surface area contributed by atoms with Gasteiger partial charge in [-0.05, 0) is 11.1 Å². The van der Waals surface area contributed by atoms with Gasteiger partial charge in [0.25, 0.3) is 0 Å². The van der Waals surface area contributed by atoms with Crippen LogP contribution in [0.25, 0.3) is 11.1 Å². The molecule has 2 aromatic carbocycles. The lowest BCUT2D eigenvalue weighted by Gasteiger charge is -2.10. The zero-order valence-corrected chi connectivity index (χ0v) is 14.3. The van der Waals surface area contributed by atoms with Crippen molar-refractivity contribution in [1.82, 2.24) is 9.97 Å². The van der Waals surface area contributed by atoms with Crippen molar-refractivity contribution in [3.8, 4) is 11.1 Å². The Labute approximate surface area is 146 Å². The van der Waals surface area contributed by atoms with Gasteiger partial charge < -0.3 is 4.98 Å². The molecule has 1 aliphatic heterocycles. The monoisotopic (exact) mass is 333 g/mol. The highest BCUT2D eigenvalue weighted by atomic mass is 32.2. The predicted molar refractivity (Wildman–Crippen MR) is 102 cm³/mol. The van der Waals surface area contributed by atoms with Crippen molar-refractivity contribution in [2.75, 3.05) is 0 Å². The second-order valence-electron chi connectivity index (χ2n) is 6.05. The van der Waals surface area contributed by atoms with Crippen LogP contribution in [0.3, 0.4) is 0 Å². The molecule has 24 heavy (non-hydrogen) atoms. The normalized spacial score (nSPS) is 20.1. The summed E-state index contributed by atoms with van der Waals surface area (Å²) >= 11 is 1.87. The van der Waals surface area contributed by atoms with Crippen molar-refractivity contribution in [2.45, 2.75) is 24.6 Å². The lowest BCUT2D eigenvalue weighted by molar-refractivity contribution is 0.667. The predicted octanol–water partition coefficient (Wildman–Crippen LogP) is 4.57. The van der Waals surface area contributed by atoms with E-state index in [0.717, 1.165) is 17.2 Å². The number of H-pyrrole nitrogens is 1. The number of aromatic amines is 1. The molecular weight excluding hydrogens is 314 g/mol. The molecule has 0 saturated heterocycles. The van der Waals surface area contributed by atoms with Crippen LogP contribution in [0, 0.1) is 0 Å². The smallest absolute Gasteiger partial charge is 0.0984 e. The Kier molecular flexibility index (Phi) is 4.22. The quantitative estimate of drug-likeness (QED) is 0.760. The molecule has 3 nitrogen and oxygen atoms in total. The van der Waals surface area contributed by atoms with E-state index in [0.29, 0.717) is 11.3 Å². The molecule has 2 heterocycles. The van der Waals surface area contributed by atoms with Crippen molar-refractivity contribution >= 4 is 16.8 Å². The number of nitrogens with one attached hydrogen (secondary N) is 1. The molecule has 2 atom stereocenters. The molecule has 1 N–H and O–H groups in total. The van der Waals surface area contributed by atoms with Crippen molar-refractivity contribution in [3.63, 3.8) is 0 Å². The number of benzene rings is 2. The molecule has 0 amide bonds. The number of rotatable bonds is 4. The fourth-order valence-electron chi connectivity index (χ4n) is 2.95. The van der Waals surface area contributed by atoms with Crippen LogP contribution in [0.5, 0.6) is 0 Å². The number of imidazole rings is 1. The molecule has 0 bridgehead atoms. The van der Waals surface area contributed by atoms with Gasteiger partial charge in [-0.25, -0.2) is 4.98 Å². The molecular formula is C20H19N3S. The van der Waals surface area contributed by atoms with Gasteiger partial charge in [0, 0.05) is 29.1 Å². The maximum atomic E-state index is 4.95. The van der Waals surface area contributed by atoms with E-state index >= 15 is 0 Å². The first kappa shape index (κ1) is 15.2. The van der Waals surface area contributed by atoms with Gasteiger partial charge in [0.15, 0.2) is 0 Å². The van der Waals surface area contributed by atoms with Gasteiger partial charge in [-0.2, -0.15) is 0 Å². The van der Waals surface area contributed by atoms with Crippen molar-refractivity contribution < 1.29 is 0 Å². The van der Waals surface area contributed by atoms with Gasteiger partial charge in [0.2, 0.25) is 0 Å². The van der Waals surface area contributed by atoms with Gasteiger partial charge in [0.05, 0.1) is 17.4 Å². The third-order valence-corrected chi connectivity index (χ3v) is 5.60. The maximum Gasteiger partial charge on any atom is 0.0984 e. The van der Waals surface area contributed by atoms with Crippen molar-refractivity contribution in [3.05, 3.63) is 78.4 Å². The van der Waals surface area contributed by atoms with Gasteiger partial charge in [0.1, 0.15) is 0 Å². The molecule has 0 radical (unpaired) electrons. The van der Waals surface area contributed by atoms with E-state index in [2.05, 4.69) is 65.4 Å². The standard InChI is InChI=1S/C20H19N3S/c1-14-19(11-18-12-21-13-22-18)23-20(24-14)17-9-7-16(8-10-17)15-5-3-2-4-6-15/h2-10,12-14,19H,11H2,1H3,(H,21,22)/t14-,19-/m0/s1. The lowest BCUT2D eigenvalue weighted by atomic mass is 10.0. The Morgan fingerprint density at radius 3 is 2.38 bits per heavy atom. The largest absolute Gasteiger partial charge is 0.348 e. The van der Waals surface area contributed by atoms with Crippen LogP contribution >= 0.6 is 11.8 Å². The summed E-state index contributed by atoms with van der Waals surface area (Å²) in [5, 5.41) is 1.63. The number of aliphatic imine (C=N–C) groups is 1. The van der Waals surface area contributed by atoms with Crippen molar-refractivity contribution in [1.29, 1.82) is 0 Å². The lowest BCUT2D eigenvalue weighted by Crippen LogP contribution is -2.16. The van der Waals surface area contributed by atoms with Gasteiger partial charge in [-0.15, -0.1) is 11.8 Å². The zero-order chi connectivity index (χ0) is 16.4. The molecule has 4 rings (SSSR count). The summed E-state index contributed by atoms with van der Waals surface area (Å²) in [7, 11) is 0. The Balaban J connectivity index is 1.53. The van der Waals surface area contributed by atoms with E-state index < -0.39 is 0 Å². The highest BCUT2D eigenvalue weighted by Crippen LogP contribution is 2.32. The second kappa shape index (κ2) is 6.65. The van der Waals surface area contributed by atoms with Gasteiger partial charge in [-0.1, -0.05) is 61.5 Å². The topological polar surface area (TPSA) is 41.0 Å². The van der Waals surface area contributed by atoms with E-state index in [1.54, 1.807) is 6.33 Å². The van der Waals surface area contributed by atoms with E-state index in [-0.39, 0.29) is 0 Å². The number of nitrogens with zero attached hydrogens (tertiary/aromatic N) is 2. The molecule has 120 valence electrons. The maximum absolute atomic E-state index is 4.95. The molecule has 0 unspecified atom stereocenters. The van der Waals surface area contributed by atoms with Crippen LogP contribution in [-0.4, -0.2) is 26.3 Å². The number of hydrogen-bond donors (Lipinski definition) is 1. The first-order chi connectivity index (χ1) is 11.8. The number of thioether (sulfide) groups is 1. The summed E-state index contributed by atoms with van der Waals surface area (Å²) in [6, 6.07) is 19.5. The molecule has 1 aliphatic rings. The SMILES string of the molecule is C[C@@H]1SC(c2ccc(-c3ccccc3)cc2)=N[C@H]1Cc1cnc[nH]1. The third-order valence-electron chi connectivity index (χ3n) is 4.35. The van der Waals surface area contributed by atoms with Crippen molar-refractivity contribution in [2.24, 2.45) is 4.99 Å². The zero-order valence-electron chi connectivity index (χ0n) is 13.5. The van der Waals surface area contributed by atoms with Crippen LogP contribution < -0.4 is 0 Å². The number of hydrogen-bond acceptors (Lipinski definition) is 3. The minimum atomic E-state index is 0.305. The fraction of sp³-hybridized carbons (Fsp3) is 0.200. The van der Waals surface area contributed by atoms with E-state index in [4.69, 9.17) is 4.99 Å². The Morgan fingerprint density at radius 1 is 0.958 bits per heavy atom. The summed E-state index contributed by atoms with van der Waals surface area (Å²) in [5.41, 5.74) is 4.84. The Bertz CT molecular complexity index is 823. The molecule has 0 fully saturated rings. The Hall–Kier alpha value is -2.33. The third kappa shape index (κ3) is 3.15. The highest BCUT2D eigenvalue weighted by Gasteiger charge is 2.27. The fourth-order valence-corrected chi connectivity index (χ4v) is 4.09. The summed E-state index contributed by atoms with van der Waals surface area (Å²) < 4.78 is 0. The first-order valence-electron chi connectivity index (χ1n) is 8.17. The van der Waals surface area contributed by atoms with E-state index in [1.807, 2.05) is 24.0 Å². The van der Waals surface area contributed by atoms with E-state index in [1.165, 1.54) is 16.7 Å². The summed E-state index contributed by atoms with van der Waals surface area (Å²) in [6.07, 6.45) is 4.54.